The van der Waals surface area contributed by atoms with Crippen LogP contribution >= 0.6 is 11.6 Å². The topological polar surface area (TPSA) is 32.8 Å². The molecule has 0 atom stereocenters. The molecule has 126 valence electrons. The molecule has 1 aromatic carbocycles. The zero-order chi connectivity index (χ0) is 16.8. The van der Waals surface area contributed by atoms with Crippen molar-refractivity contribution in [3.05, 3.63) is 29.0 Å². The molecule has 0 unspecified atom stereocenters. The number of halogens is 2. The van der Waals surface area contributed by atoms with Gasteiger partial charge >= 0.3 is 6.09 Å². The lowest BCUT2D eigenvalue weighted by atomic mass is 10.1. The molecule has 0 N–H and O–H groups in total. The Morgan fingerprint density at radius 3 is 2.57 bits per heavy atom. The highest BCUT2D eigenvalue weighted by atomic mass is 35.5. The van der Waals surface area contributed by atoms with Crippen LogP contribution in [0.5, 0.6) is 0 Å². The third-order valence-electron chi connectivity index (χ3n) is 4.34. The van der Waals surface area contributed by atoms with Gasteiger partial charge < -0.3 is 9.64 Å². The number of ether oxygens (including phenoxy) is 1. The number of rotatable bonds is 1. The van der Waals surface area contributed by atoms with Crippen molar-refractivity contribution in [3.8, 4) is 0 Å². The van der Waals surface area contributed by atoms with E-state index in [1.165, 1.54) is 12.1 Å². The van der Waals surface area contributed by atoms with Crippen molar-refractivity contribution in [1.82, 2.24) is 4.90 Å². The number of hydrogen-bond donors (Lipinski definition) is 0. The summed E-state index contributed by atoms with van der Waals surface area (Å²) in [5.74, 6) is -0.340. The molecule has 4 nitrogen and oxygen atoms in total. The van der Waals surface area contributed by atoms with E-state index in [4.69, 9.17) is 16.3 Å². The highest BCUT2D eigenvalue weighted by molar-refractivity contribution is 6.33. The smallest absolute Gasteiger partial charge is 0.410 e. The highest BCUT2D eigenvalue weighted by Gasteiger charge is 2.54. The number of nitrogens with zero attached hydrogens (tertiary/aromatic N) is 2. The second-order valence-corrected chi connectivity index (χ2v) is 7.78. The monoisotopic (exact) mass is 340 g/mol. The molecular weight excluding hydrogens is 319 g/mol. The van der Waals surface area contributed by atoms with Gasteiger partial charge in [-0.1, -0.05) is 11.6 Å². The van der Waals surface area contributed by atoms with Crippen molar-refractivity contribution in [3.63, 3.8) is 0 Å². The number of piperazine rings is 1. The van der Waals surface area contributed by atoms with Crippen LogP contribution in [0.2, 0.25) is 5.02 Å². The first-order chi connectivity index (χ1) is 10.7. The fourth-order valence-corrected chi connectivity index (χ4v) is 3.38. The molecule has 1 saturated carbocycles. The van der Waals surface area contributed by atoms with E-state index in [0.717, 1.165) is 18.5 Å². The van der Waals surface area contributed by atoms with E-state index in [9.17, 15) is 9.18 Å². The molecule has 1 aromatic rings. The van der Waals surface area contributed by atoms with E-state index in [1.807, 2.05) is 25.7 Å². The van der Waals surface area contributed by atoms with E-state index in [1.54, 1.807) is 6.07 Å². The van der Waals surface area contributed by atoms with Crippen molar-refractivity contribution in [2.45, 2.75) is 44.8 Å². The number of carbonyl (C=O) groups excluding carboxylic acids is 1. The second-order valence-electron chi connectivity index (χ2n) is 7.37. The molecule has 1 aliphatic heterocycles. The maximum absolute atomic E-state index is 13.2. The lowest BCUT2D eigenvalue weighted by Crippen LogP contribution is -2.58. The summed E-state index contributed by atoms with van der Waals surface area (Å²) in [4.78, 5) is 16.4. The summed E-state index contributed by atoms with van der Waals surface area (Å²) in [6, 6.07) is 4.45. The van der Waals surface area contributed by atoms with E-state index in [-0.39, 0.29) is 17.4 Å². The molecule has 1 heterocycles. The van der Waals surface area contributed by atoms with Crippen molar-refractivity contribution >= 4 is 23.4 Å². The van der Waals surface area contributed by atoms with Gasteiger partial charge in [0.2, 0.25) is 0 Å². The SMILES string of the molecule is CC(C)(C)OC(=O)N1CCN(c2ccc(F)cc2Cl)CC12CC2. The average molecular weight is 341 g/mol. The summed E-state index contributed by atoms with van der Waals surface area (Å²) < 4.78 is 18.8. The minimum atomic E-state index is -0.495. The van der Waals surface area contributed by atoms with E-state index < -0.39 is 5.60 Å². The van der Waals surface area contributed by atoms with E-state index >= 15 is 0 Å². The predicted octanol–water partition coefficient (Wildman–Crippen LogP) is 4.07. The van der Waals surface area contributed by atoms with Crippen LogP contribution in [0, 0.1) is 5.82 Å². The van der Waals surface area contributed by atoms with Crippen molar-refractivity contribution in [2.24, 2.45) is 0 Å². The standard InChI is InChI=1S/C17H22ClFN2O2/c1-16(2,3)23-15(22)21-9-8-20(11-17(21)6-7-17)14-5-4-12(19)10-13(14)18/h4-5,10H,6-9,11H2,1-3H3. The minimum absolute atomic E-state index is 0.168. The first-order valence-corrected chi connectivity index (χ1v) is 8.29. The molecule has 2 fully saturated rings. The van der Waals surface area contributed by atoms with Crippen molar-refractivity contribution in [1.29, 1.82) is 0 Å². The van der Waals surface area contributed by atoms with Crippen molar-refractivity contribution in [2.75, 3.05) is 24.5 Å². The molecule has 1 aliphatic carbocycles. The highest BCUT2D eigenvalue weighted by Crippen LogP contribution is 2.46. The zero-order valence-electron chi connectivity index (χ0n) is 13.7. The van der Waals surface area contributed by atoms with Gasteiger partial charge in [0.15, 0.2) is 0 Å². The summed E-state index contributed by atoms with van der Waals surface area (Å²) in [6.45, 7) is 7.57. The largest absolute Gasteiger partial charge is 0.444 e. The van der Waals surface area contributed by atoms with Gasteiger partial charge in [0.1, 0.15) is 11.4 Å². The second kappa shape index (κ2) is 5.55. The van der Waals surface area contributed by atoms with Gasteiger partial charge in [0.25, 0.3) is 0 Å². The molecule has 3 rings (SSSR count). The summed E-state index contributed by atoms with van der Waals surface area (Å²) in [5, 5.41) is 0.409. The molecule has 2 aliphatic rings. The first kappa shape index (κ1) is 16.4. The molecule has 1 saturated heterocycles. The molecule has 23 heavy (non-hydrogen) atoms. The molecule has 0 radical (unpaired) electrons. The summed E-state index contributed by atoms with van der Waals surface area (Å²) in [6.07, 6.45) is 1.67. The summed E-state index contributed by atoms with van der Waals surface area (Å²) >= 11 is 6.18. The maximum Gasteiger partial charge on any atom is 0.410 e. The fourth-order valence-electron chi connectivity index (χ4n) is 3.10. The Hall–Kier alpha value is -1.49. The number of amides is 1. The van der Waals surface area contributed by atoms with Crippen LogP contribution in [0.4, 0.5) is 14.9 Å². The van der Waals surface area contributed by atoms with Gasteiger partial charge in [-0.25, -0.2) is 9.18 Å². The molecule has 0 aromatic heterocycles. The quantitative estimate of drug-likeness (QED) is 0.772. The van der Waals surface area contributed by atoms with Gasteiger partial charge in [-0.05, 0) is 51.8 Å². The third kappa shape index (κ3) is 3.39. The predicted molar refractivity (Wildman–Crippen MR) is 88.5 cm³/mol. The summed E-state index contributed by atoms with van der Waals surface area (Å²) in [5.41, 5.74) is 0.159. The van der Waals surface area contributed by atoms with Crippen molar-refractivity contribution < 1.29 is 13.9 Å². The Bertz CT molecular complexity index is 626. The van der Waals surface area contributed by atoms with Gasteiger partial charge in [-0.15, -0.1) is 0 Å². The van der Waals surface area contributed by atoms with Crippen LogP contribution in [0.3, 0.4) is 0 Å². The van der Waals surface area contributed by atoms with Crippen LogP contribution in [0.1, 0.15) is 33.6 Å². The van der Waals surface area contributed by atoms with Crippen LogP contribution in [0.25, 0.3) is 0 Å². The van der Waals surface area contributed by atoms with Gasteiger partial charge in [0, 0.05) is 19.6 Å². The Morgan fingerprint density at radius 1 is 1.30 bits per heavy atom. The number of anilines is 1. The lowest BCUT2D eigenvalue weighted by Gasteiger charge is -2.43. The van der Waals surface area contributed by atoms with Gasteiger partial charge in [-0.3, -0.25) is 4.90 Å². The first-order valence-electron chi connectivity index (χ1n) is 7.91. The van der Waals surface area contributed by atoms with E-state index in [2.05, 4.69) is 4.90 Å². The third-order valence-corrected chi connectivity index (χ3v) is 4.65. The summed E-state index contributed by atoms with van der Waals surface area (Å²) in [7, 11) is 0. The van der Waals surface area contributed by atoms with Crippen LogP contribution in [0.15, 0.2) is 18.2 Å². The number of carbonyl (C=O) groups is 1. The van der Waals surface area contributed by atoms with Crippen LogP contribution < -0.4 is 4.90 Å². The Labute approximate surface area is 141 Å². The maximum atomic E-state index is 13.2. The molecule has 6 heteroatoms. The molecule has 0 bridgehead atoms. The van der Waals surface area contributed by atoms with Crippen LogP contribution in [-0.2, 0) is 4.74 Å². The normalized spacial score (nSPS) is 19.9. The number of benzene rings is 1. The Kier molecular flexibility index (Phi) is 3.95. The average Bonchev–Trinajstić information content (AvgIpc) is 3.16. The molecule has 1 amide bonds. The van der Waals surface area contributed by atoms with E-state index in [0.29, 0.717) is 24.7 Å². The Morgan fingerprint density at radius 2 is 2.00 bits per heavy atom. The molecule has 1 spiro atoms. The van der Waals surface area contributed by atoms with Gasteiger partial charge in [0.05, 0.1) is 16.2 Å². The van der Waals surface area contributed by atoms with Crippen LogP contribution in [-0.4, -0.2) is 41.8 Å². The molecular formula is C17H22ClFN2O2. The van der Waals surface area contributed by atoms with Gasteiger partial charge in [-0.2, -0.15) is 0 Å². The zero-order valence-corrected chi connectivity index (χ0v) is 14.5. The fraction of sp³-hybridized carbons (Fsp3) is 0.588. The lowest BCUT2D eigenvalue weighted by molar-refractivity contribution is 0.0107. The number of hydrogen-bond acceptors (Lipinski definition) is 3. The minimum Gasteiger partial charge on any atom is -0.444 e. The Balaban J connectivity index is 1.75.